The summed E-state index contributed by atoms with van der Waals surface area (Å²) in [5.41, 5.74) is 3.94. The van der Waals surface area contributed by atoms with Crippen molar-refractivity contribution in [1.82, 2.24) is 5.43 Å². The third-order valence-electron chi connectivity index (χ3n) is 2.37. The van der Waals surface area contributed by atoms with Gasteiger partial charge in [-0.15, -0.1) is 0 Å². The number of nitrogens with one attached hydrogen (secondary N) is 1. The molecule has 0 aromatic heterocycles. The van der Waals surface area contributed by atoms with Gasteiger partial charge in [-0.1, -0.05) is 25.5 Å². The Morgan fingerprint density at radius 3 is 2.59 bits per heavy atom. The maximum Gasteiger partial charge on any atom is 0.240 e. The highest BCUT2D eigenvalue weighted by molar-refractivity contribution is 5.99. The topological polar surface area (TPSA) is 41.5 Å². The molecule has 0 aliphatic heterocycles. The second kappa shape index (κ2) is 6.78. The first-order valence-corrected chi connectivity index (χ1v) is 5.72. The monoisotopic (exact) mass is 236 g/mol. The number of amides is 1. The smallest absolute Gasteiger partial charge is 0.240 e. The fraction of sp³-hybridized carbons (Fsp3) is 0.385. The Bertz CT molecular complexity index is 398. The van der Waals surface area contributed by atoms with Crippen molar-refractivity contribution in [3.05, 3.63) is 35.6 Å². The van der Waals surface area contributed by atoms with Gasteiger partial charge in [0, 0.05) is 6.42 Å². The van der Waals surface area contributed by atoms with Crippen molar-refractivity contribution in [3.63, 3.8) is 0 Å². The highest BCUT2D eigenvalue weighted by Crippen LogP contribution is 2.04. The zero-order valence-corrected chi connectivity index (χ0v) is 10.2. The molecule has 0 atom stereocenters. The van der Waals surface area contributed by atoms with E-state index in [0.29, 0.717) is 12.1 Å². The van der Waals surface area contributed by atoms with Gasteiger partial charge < -0.3 is 0 Å². The quantitative estimate of drug-likeness (QED) is 0.620. The van der Waals surface area contributed by atoms with Crippen molar-refractivity contribution in [2.45, 2.75) is 33.1 Å². The molecule has 0 saturated carbocycles. The maximum absolute atomic E-state index is 12.7. The molecule has 4 heteroatoms. The van der Waals surface area contributed by atoms with Gasteiger partial charge >= 0.3 is 0 Å². The lowest BCUT2D eigenvalue weighted by Crippen LogP contribution is -2.18. The Hall–Kier alpha value is -1.71. The van der Waals surface area contributed by atoms with E-state index in [4.69, 9.17) is 0 Å². The second-order valence-corrected chi connectivity index (χ2v) is 3.84. The number of hydrazone groups is 1. The molecule has 0 aliphatic rings. The number of hydrogen-bond acceptors (Lipinski definition) is 2. The molecule has 1 aromatic carbocycles. The SMILES string of the molecule is CCCCC(=O)N/N=C(\C)c1ccc(F)cc1. The number of halogens is 1. The lowest BCUT2D eigenvalue weighted by molar-refractivity contribution is -0.121. The van der Waals surface area contributed by atoms with Gasteiger partial charge in [0.1, 0.15) is 5.82 Å². The van der Waals surface area contributed by atoms with Gasteiger partial charge in [-0.3, -0.25) is 4.79 Å². The number of carbonyl (C=O) groups is 1. The summed E-state index contributed by atoms with van der Waals surface area (Å²) in [6.45, 7) is 3.80. The van der Waals surface area contributed by atoms with Crippen molar-refractivity contribution >= 4 is 11.6 Å². The van der Waals surface area contributed by atoms with Crippen LogP contribution in [-0.2, 0) is 4.79 Å². The largest absolute Gasteiger partial charge is 0.273 e. The van der Waals surface area contributed by atoms with Gasteiger partial charge in [0.2, 0.25) is 5.91 Å². The van der Waals surface area contributed by atoms with Gasteiger partial charge in [-0.2, -0.15) is 5.10 Å². The standard InChI is InChI=1S/C13H17FN2O/c1-3-4-5-13(17)16-15-10(2)11-6-8-12(14)9-7-11/h6-9H,3-5H2,1-2H3,(H,16,17)/b15-10+. The molecule has 0 saturated heterocycles. The lowest BCUT2D eigenvalue weighted by Gasteiger charge is -2.02. The van der Waals surface area contributed by atoms with E-state index >= 15 is 0 Å². The molecular weight excluding hydrogens is 219 g/mol. The average molecular weight is 236 g/mol. The summed E-state index contributed by atoms with van der Waals surface area (Å²) in [5, 5.41) is 3.97. The summed E-state index contributed by atoms with van der Waals surface area (Å²) in [6.07, 6.45) is 2.32. The highest BCUT2D eigenvalue weighted by atomic mass is 19.1. The molecule has 0 heterocycles. The first-order chi connectivity index (χ1) is 8.13. The van der Waals surface area contributed by atoms with Crippen LogP contribution in [0.15, 0.2) is 29.4 Å². The van der Waals surface area contributed by atoms with Crippen LogP contribution >= 0.6 is 0 Å². The minimum atomic E-state index is -0.284. The number of nitrogens with zero attached hydrogens (tertiary/aromatic N) is 1. The number of hydrogen-bond donors (Lipinski definition) is 1. The predicted octanol–water partition coefficient (Wildman–Crippen LogP) is 2.86. The van der Waals surface area contributed by atoms with Crippen LogP contribution in [-0.4, -0.2) is 11.6 Å². The highest BCUT2D eigenvalue weighted by Gasteiger charge is 2.00. The van der Waals surface area contributed by atoms with Crippen LogP contribution < -0.4 is 5.43 Å². The van der Waals surface area contributed by atoms with Gasteiger partial charge in [-0.25, -0.2) is 9.82 Å². The molecule has 92 valence electrons. The first-order valence-electron chi connectivity index (χ1n) is 5.72. The number of unbranched alkanes of at least 4 members (excludes halogenated alkanes) is 1. The maximum atomic E-state index is 12.7. The molecular formula is C13H17FN2O. The van der Waals surface area contributed by atoms with Crippen molar-refractivity contribution in [2.24, 2.45) is 5.10 Å². The molecule has 1 rings (SSSR count). The fourth-order valence-electron chi connectivity index (χ4n) is 1.30. The van der Waals surface area contributed by atoms with E-state index < -0.39 is 0 Å². The van der Waals surface area contributed by atoms with Crippen LogP contribution in [0.2, 0.25) is 0 Å². The molecule has 1 aromatic rings. The van der Waals surface area contributed by atoms with Gasteiger partial charge in [0.15, 0.2) is 0 Å². The molecule has 1 N–H and O–H groups in total. The summed E-state index contributed by atoms with van der Waals surface area (Å²) in [5.74, 6) is -0.373. The first kappa shape index (κ1) is 13.4. The number of benzene rings is 1. The molecule has 0 radical (unpaired) electrons. The number of carbonyl (C=O) groups excluding carboxylic acids is 1. The predicted molar refractivity (Wildman–Crippen MR) is 66.3 cm³/mol. The summed E-state index contributed by atoms with van der Waals surface area (Å²) in [4.78, 5) is 11.3. The normalized spacial score (nSPS) is 11.4. The molecule has 3 nitrogen and oxygen atoms in total. The van der Waals surface area contributed by atoms with Crippen LogP contribution in [0, 0.1) is 5.82 Å². The van der Waals surface area contributed by atoms with Crippen LogP contribution in [0.5, 0.6) is 0 Å². The second-order valence-electron chi connectivity index (χ2n) is 3.84. The fourth-order valence-corrected chi connectivity index (χ4v) is 1.30. The van der Waals surface area contributed by atoms with Crippen LogP contribution in [0.4, 0.5) is 4.39 Å². The van der Waals surface area contributed by atoms with Gasteiger partial charge in [0.25, 0.3) is 0 Å². The Kier molecular flexibility index (Phi) is 5.33. The van der Waals surface area contributed by atoms with E-state index in [1.54, 1.807) is 19.1 Å². The lowest BCUT2D eigenvalue weighted by atomic mass is 10.1. The van der Waals surface area contributed by atoms with Crippen molar-refractivity contribution in [3.8, 4) is 0 Å². The van der Waals surface area contributed by atoms with E-state index in [-0.39, 0.29) is 11.7 Å². The summed E-state index contributed by atoms with van der Waals surface area (Å²) in [7, 11) is 0. The molecule has 0 spiro atoms. The molecule has 1 amide bonds. The van der Waals surface area contributed by atoms with E-state index in [2.05, 4.69) is 10.5 Å². The minimum Gasteiger partial charge on any atom is -0.273 e. The van der Waals surface area contributed by atoms with E-state index in [1.807, 2.05) is 6.92 Å². The molecule has 17 heavy (non-hydrogen) atoms. The summed E-state index contributed by atoms with van der Waals surface area (Å²) >= 11 is 0. The van der Waals surface area contributed by atoms with Crippen molar-refractivity contribution in [2.75, 3.05) is 0 Å². The molecule has 0 fully saturated rings. The molecule has 0 bridgehead atoms. The van der Waals surface area contributed by atoms with Crippen LogP contribution in [0.1, 0.15) is 38.7 Å². The molecule has 0 aliphatic carbocycles. The Morgan fingerprint density at radius 1 is 1.35 bits per heavy atom. The van der Waals surface area contributed by atoms with Crippen LogP contribution in [0.25, 0.3) is 0 Å². The van der Waals surface area contributed by atoms with Crippen molar-refractivity contribution in [1.29, 1.82) is 0 Å². The Labute approximate surface area is 101 Å². The third-order valence-corrected chi connectivity index (χ3v) is 2.37. The molecule has 0 unspecified atom stereocenters. The van der Waals surface area contributed by atoms with Gasteiger partial charge in [-0.05, 0) is 31.0 Å². The van der Waals surface area contributed by atoms with E-state index in [0.717, 1.165) is 18.4 Å². The Balaban J connectivity index is 2.54. The minimum absolute atomic E-state index is 0.0895. The zero-order valence-electron chi connectivity index (χ0n) is 10.2. The Morgan fingerprint density at radius 2 is 2.00 bits per heavy atom. The van der Waals surface area contributed by atoms with Crippen LogP contribution in [0.3, 0.4) is 0 Å². The number of rotatable bonds is 5. The zero-order chi connectivity index (χ0) is 12.7. The van der Waals surface area contributed by atoms with E-state index in [1.165, 1.54) is 12.1 Å². The third kappa shape index (κ3) is 4.76. The summed E-state index contributed by atoms with van der Waals surface area (Å²) < 4.78 is 12.7. The van der Waals surface area contributed by atoms with Gasteiger partial charge in [0.05, 0.1) is 5.71 Å². The van der Waals surface area contributed by atoms with Crippen molar-refractivity contribution < 1.29 is 9.18 Å². The average Bonchev–Trinajstić information content (AvgIpc) is 2.34. The van der Waals surface area contributed by atoms with E-state index in [9.17, 15) is 9.18 Å². The summed E-state index contributed by atoms with van der Waals surface area (Å²) in [6, 6.07) is 6.00.